The largest absolute Gasteiger partial charge is 0.448 e. The third-order valence-corrected chi connectivity index (χ3v) is 2.76. The molecule has 0 aromatic carbocycles. The number of aromatic nitrogens is 2. The van der Waals surface area contributed by atoms with Crippen molar-refractivity contribution in [3.05, 3.63) is 60.2 Å². The maximum Gasteiger partial charge on any atom is 0.333 e. The van der Waals surface area contributed by atoms with Crippen molar-refractivity contribution in [3.63, 3.8) is 0 Å². The van der Waals surface area contributed by atoms with Crippen LogP contribution in [0.15, 0.2) is 48.8 Å². The van der Waals surface area contributed by atoms with Crippen molar-refractivity contribution in [1.82, 2.24) is 14.9 Å². The van der Waals surface area contributed by atoms with Crippen LogP contribution in [0.4, 0.5) is 0 Å². The van der Waals surface area contributed by atoms with Crippen LogP contribution in [0.5, 0.6) is 0 Å². The van der Waals surface area contributed by atoms with Gasteiger partial charge in [0, 0.05) is 25.5 Å². The lowest BCUT2D eigenvalue weighted by Gasteiger charge is -2.21. The molecule has 0 aliphatic rings. The van der Waals surface area contributed by atoms with Crippen molar-refractivity contribution < 1.29 is 14.6 Å². The lowest BCUT2D eigenvalue weighted by molar-refractivity contribution is -0.152. The summed E-state index contributed by atoms with van der Waals surface area (Å²) in [4.78, 5) is 21.5. The topological polar surface area (TPSA) is 75.6 Å². The second kappa shape index (κ2) is 8.08. The Kier molecular flexibility index (Phi) is 5.81. The van der Waals surface area contributed by atoms with Crippen LogP contribution in [-0.4, -0.2) is 39.3 Å². The number of ether oxygens (including phenoxy) is 1. The van der Waals surface area contributed by atoms with Gasteiger partial charge in [-0.2, -0.15) is 0 Å². The summed E-state index contributed by atoms with van der Waals surface area (Å²) in [6.07, 6.45) is 3.43. The van der Waals surface area contributed by atoms with Crippen LogP contribution in [0.2, 0.25) is 0 Å². The van der Waals surface area contributed by atoms with Gasteiger partial charge in [0.05, 0.1) is 11.4 Å². The third kappa shape index (κ3) is 5.29. The van der Waals surface area contributed by atoms with Gasteiger partial charge in [-0.05, 0) is 24.3 Å². The summed E-state index contributed by atoms with van der Waals surface area (Å²) < 4.78 is 4.98. The Morgan fingerprint density at radius 2 is 1.62 bits per heavy atom. The number of rotatable bonds is 7. The predicted molar refractivity (Wildman–Crippen MR) is 75.8 cm³/mol. The maximum absolute atomic E-state index is 11.1. The maximum atomic E-state index is 11.1. The molecule has 0 aliphatic carbocycles. The Bertz CT molecular complexity index is 507. The standard InChI is InChI=1S/C15H17N3O3/c19-11-15(20)21-12-18(9-13-5-1-3-7-16-13)10-14-6-2-4-8-17-14/h1-8,19H,9-12H2. The Labute approximate surface area is 123 Å². The first kappa shape index (κ1) is 15.1. The van der Waals surface area contributed by atoms with Gasteiger partial charge in [-0.1, -0.05) is 12.1 Å². The number of carbonyl (C=O) groups is 1. The van der Waals surface area contributed by atoms with E-state index in [9.17, 15) is 4.79 Å². The van der Waals surface area contributed by atoms with Crippen LogP contribution in [0.1, 0.15) is 11.4 Å². The average Bonchev–Trinajstić information content (AvgIpc) is 2.54. The third-order valence-electron chi connectivity index (χ3n) is 2.76. The van der Waals surface area contributed by atoms with E-state index in [1.54, 1.807) is 12.4 Å². The van der Waals surface area contributed by atoms with Crippen molar-refractivity contribution in [2.75, 3.05) is 13.3 Å². The summed E-state index contributed by atoms with van der Waals surface area (Å²) >= 11 is 0. The molecule has 2 aromatic heterocycles. The van der Waals surface area contributed by atoms with Crippen molar-refractivity contribution in [3.8, 4) is 0 Å². The summed E-state index contributed by atoms with van der Waals surface area (Å²) in [6.45, 7) is 0.500. The Hall–Kier alpha value is -2.31. The average molecular weight is 287 g/mol. The van der Waals surface area contributed by atoms with E-state index in [2.05, 4.69) is 9.97 Å². The number of nitrogens with zero attached hydrogens (tertiary/aromatic N) is 3. The van der Waals surface area contributed by atoms with Crippen LogP contribution in [0.25, 0.3) is 0 Å². The van der Waals surface area contributed by atoms with E-state index in [-0.39, 0.29) is 6.73 Å². The minimum absolute atomic E-state index is 0.0759. The molecule has 0 amide bonds. The van der Waals surface area contributed by atoms with Gasteiger partial charge < -0.3 is 9.84 Å². The zero-order chi connectivity index (χ0) is 14.9. The van der Waals surface area contributed by atoms with Gasteiger partial charge in [0.2, 0.25) is 0 Å². The van der Waals surface area contributed by atoms with E-state index in [1.165, 1.54) is 0 Å². The molecule has 2 aromatic rings. The lowest BCUT2D eigenvalue weighted by Crippen LogP contribution is -2.28. The summed E-state index contributed by atoms with van der Waals surface area (Å²) in [5, 5.41) is 8.71. The first-order chi connectivity index (χ1) is 10.3. The zero-order valence-electron chi connectivity index (χ0n) is 11.6. The summed E-state index contributed by atoms with van der Waals surface area (Å²) in [6, 6.07) is 11.3. The highest BCUT2D eigenvalue weighted by Gasteiger charge is 2.11. The number of hydrogen-bond acceptors (Lipinski definition) is 6. The summed E-state index contributed by atoms with van der Waals surface area (Å²) in [7, 11) is 0. The van der Waals surface area contributed by atoms with E-state index in [0.29, 0.717) is 13.1 Å². The first-order valence-corrected chi connectivity index (χ1v) is 6.56. The molecule has 0 unspecified atom stereocenters. The fraction of sp³-hybridized carbons (Fsp3) is 0.267. The molecule has 0 radical (unpaired) electrons. The quantitative estimate of drug-likeness (QED) is 0.604. The molecule has 1 N–H and O–H groups in total. The van der Waals surface area contributed by atoms with Gasteiger partial charge >= 0.3 is 5.97 Å². The van der Waals surface area contributed by atoms with Crippen LogP contribution < -0.4 is 0 Å². The highest BCUT2D eigenvalue weighted by molar-refractivity contribution is 5.70. The van der Waals surface area contributed by atoms with E-state index < -0.39 is 12.6 Å². The summed E-state index contributed by atoms with van der Waals surface area (Å²) in [5.41, 5.74) is 1.74. The molecule has 110 valence electrons. The molecule has 0 aliphatic heterocycles. The number of hydrogen-bond donors (Lipinski definition) is 1. The number of pyridine rings is 2. The molecule has 0 saturated carbocycles. The normalized spacial score (nSPS) is 10.6. The Morgan fingerprint density at radius 1 is 1.05 bits per heavy atom. The molecule has 0 fully saturated rings. The summed E-state index contributed by atoms with van der Waals surface area (Å²) in [5.74, 6) is -0.651. The number of aliphatic hydroxyl groups is 1. The van der Waals surface area contributed by atoms with E-state index >= 15 is 0 Å². The highest BCUT2D eigenvalue weighted by atomic mass is 16.6. The monoisotopic (exact) mass is 287 g/mol. The lowest BCUT2D eigenvalue weighted by atomic mass is 10.3. The zero-order valence-corrected chi connectivity index (χ0v) is 11.6. The second-order valence-corrected chi connectivity index (χ2v) is 4.43. The SMILES string of the molecule is O=C(CO)OCN(Cc1ccccn1)Cc1ccccn1. The van der Waals surface area contributed by atoms with Gasteiger partial charge in [0.1, 0.15) is 13.3 Å². The van der Waals surface area contributed by atoms with E-state index in [4.69, 9.17) is 9.84 Å². The minimum Gasteiger partial charge on any atom is -0.448 e. The molecule has 6 heteroatoms. The fourth-order valence-electron chi connectivity index (χ4n) is 1.80. The molecular formula is C15H17N3O3. The van der Waals surface area contributed by atoms with Gasteiger partial charge in [-0.25, -0.2) is 4.79 Å². The van der Waals surface area contributed by atoms with E-state index in [1.807, 2.05) is 41.3 Å². The number of aliphatic hydroxyl groups excluding tert-OH is 1. The molecule has 0 atom stereocenters. The fourth-order valence-corrected chi connectivity index (χ4v) is 1.80. The predicted octanol–water partition coefficient (Wildman–Crippen LogP) is 0.972. The van der Waals surface area contributed by atoms with Gasteiger partial charge in [-0.15, -0.1) is 0 Å². The molecule has 21 heavy (non-hydrogen) atoms. The van der Waals surface area contributed by atoms with Crippen LogP contribution in [0, 0.1) is 0 Å². The van der Waals surface area contributed by atoms with Crippen molar-refractivity contribution in [1.29, 1.82) is 0 Å². The molecule has 0 bridgehead atoms. The minimum atomic E-state index is -0.651. The van der Waals surface area contributed by atoms with Gasteiger partial charge in [0.15, 0.2) is 0 Å². The Morgan fingerprint density at radius 3 is 2.05 bits per heavy atom. The molecule has 0 spiro atoms. The highest BCUT2D eigenvalue weighted by Crippen LogP contribution is 2.06. The first-order valence-electron chi connectivity index (χ1n) is 6.56. The van der Waals surface area contributed by atoms with Crippen molar-refractivity contribution >= 4 is 5.97 Å². The number of carbonyl (C=O) groups excluding carboxylic acids is 1. The van der Waals surface area contributed by atoms with Gasteiger partial charge in [-0.3, -0.25) is 14.9 Å². The van der Waals surface area contributed by atoms with Crippen molar-refractivity contribution in [2.24, 2.45) is 0 Å². The molecule has 2 rings (SSSR count). The molecule has 2 heterocycles. The van der Waals surface area contributed by atoms with Crippen molar-refractivity contribution in [2.45, 2.75) is 13.1 Å². The molecule has 0 saturated heterocycles. The van der Waals surface area contributed by atoms with Gasteiger partial charge in [0.25, 0.3) is 0 Å². The Balaban J connectivity index is 2.01. The van der Waals surface area contributed by atoms with E-state index in [0.717, 1.165) is 11.4 Å². The van der Waals surface area contributed by atoms with Crippen LogP contribution in [0.3, 0.4) is 0 Å². The van der Waals surface area contributed by atoms with Crippen LogP contribution in [-0.2, 0) is 22.6 Å². The number of esters is 1. The molecule has 6 nitrogen and oxygen atoms in total. The second-order valence-electron chi connectivity index (χ2n) is 4.43. The van der Waals surface area contributed by atoms with Crippen LogP contribution >= 0.6 is 0 Å². The smallest absolute Gasteiger partial charge is 0.333 e. The molecular weight excluding hydrogens is 270 g/mol.